The Morgan fingerprint density at radius 1 is 1.25 bits per heavy atom. The molecule has 24 heavy (non-hydrogen) atoms. The van der Waals surface area contributed by atoms with Crippen LogP contribution >= 0.6 is 11.6 Å². The molecule has 1 fully saturated rings. The second-order valence-corrected chi connectivity index (χ2v) is 6.69. The Morgan fingerprint density at radius 2 is 1.92 bits per heavy atom. The minimum Gasteiger partial charge on any atom is -0.395 e. The SMILES string of the molecule is CCC(CO)N1CCN(C(=O)c2c(Cl)c3ccccc3n2C)CC1. The molecule has 0 aliphatic carbocycles. The largest absolute Gasteiger partial charge is 0.395 e. The summed E-state index contributed by atoms with van der Waals surface area (Å²) in [7, 11) is 1.89. The number of hydrogen-bond acceptors (Lipinski definition) is 3. The molecule has 2 heterocycles. The predicted molar refractivity (Wildman–Crippen MR) is 96.6 cm³/mol. The van der Waals surface area contributed by atoms with Gasteiger partial charge in [-0.3, -0.25) is 9.69 Å². The number of rotatable bonds is 4. The molecule has 0 radical (unpaired) electrons. The highest BCUT2D eigenvalue weighted by Gasteiger charge is 2.29. The van der Waals surface area contributed by atoms with Crippen LogP contribution in [0.5, 0.6) is 0 Å². The van der Waals surface area contributed by atoms with E-state index in [2.05, 4.69) is 11.8 Å². The Morgan fingerprint density at radius 3 is 2.50 bits per heavy atom. The second kappa shape index (κ2) is 7.13. The van der Waals surface area contributed by atoms with Crippen LogP contribution in [0.1, 0.15) is 23.8 Å². The summed E-state index contributed by atoms with van der Waals surface area (Å²) in [5.74, 6) is -0.0182. The number of amides is 1. The number of fused-ring (bicyclic) bond motifs is 1. The van der Waals surface area contributed by atoms with Crippen molar-refractivity contribution in [3.8, 4) is 0 Å². The fraction of sp³-hybridized carbons (Fsp3) is 0.500. The average molecular weight is 350 g/mol. The zero-order chi connectivity index (χ0) is 17.3. The summed E-state index contributed by atoms with van der Waals surface area (Å²) < 4.78 is 1.88. The number of aliphatic hydroxyl groups excluding tert-OH is 1. The second-order valence-electron chi connectivity index (χ2n) is 6.31. The van der Waals surface area contributed by atoms with Gasteiger partial charge in [0.1, 0.15) is 5.69 Å². The number of aryl methyl sites for hydroxylation is 1. The van der Waals surface area contributed by atoms with E-state index in [4.69, 9.17) is 11.6 Å². The maximum Gasteiger partial charge on any atom is 0.272 e. The van der Waals surface area contributed by atoms with Crippen molar-refractivity contribution in [1.82, 2.24) is 14.4 Å². The lowest BCUT2D eigenvalue weighted by molar-refractivity contribution is 0.0466. The van der Waals surface area contributed by atoms with Crippen LogP contribution in [0.4, 0.5) is 0 Å². The van der Waals surface area contributed by atoms with E-state index in [1.807, 2.05) is 40.8 Å². The van der Waals surface area contributed by atoms with Crippen LogP contribution in [-0.4, -0.2) is 64.2 Å². The molecule has 6 heteroatoms. The summed E-state index contributed by atoms with van der Waals surface area (Å²) in [6, 6.07) is 7.98. The summed E-state index contributed by atoms with van der Waals surface area (Å²) in [6.07, 6.45) is 0.916. The van der Waals surface area contributed by atoms with Gasteiger partial charge >= 0.3 is 0 Å². The molecule has 1 aliphatic heterocycles. The molecule has 130 valence electrons. The molecule has 1 aromatic carbocycles. The van der Waals surface area contributed by atoms with Crippen molar-refractivity contribution < 1.29 is 9.90 Å². The number of aliphatic hydroxyl groups is 1. The molecule has 0 spiro atoms. The van der Waals surface area contributed by atoms with E-state index in [1.165, 1.54) is 0 Å². The van der Waals surface area contributed by atoms with E-state index in [9.17, 15) is 9.90 Å². The average Bonchev–Trinajstić information content (AvgIpc) is 2.87. The lowest BCUT2D eigenvalue weighted by Crippen LogP contribution is -2.53. The third kappa shape index (κ3) is 2.92. The van der Waals surface area contributed by atoms with Crippen molar-refractivity contribution in [1.29, 1.82) is 0 Å². The molecule has 5 nitrogen and oxygen atoms in total. The molecule has 1 aromatic heterocycles. The molecule has 1 amide bonds. The Balaban J connectivity index is 1.79. The molecule has 0 saturated carbocycles. The van der Waals surface area contributed by atoms with Crippen molar-refractivity contribution in [2.24, 2.45) is 7.05 Å². The highest BCUT2D eigenvalue weighted by molar-refractivity contribution is 6.38. The quantitative estimate of drug-likeness (QED) is 0.921. The summed E-state index contributed by atoms with van der Waals surface area (Å²) in [5, 5.41) is 10.9. The van der Waals surface area contributed by atoms with E-state index < -0.39 is 0 Å². The van der Waals surface area contributed by atoms with Crippen molar-refractivity contribution in [2.45, 2.75) is 19.4 Å². The fourth-order valence-corrected chi connectivity index (χ4v) is 3.89. The van der Waals surface area contributed by atoms with E-state index in [0.29, 0.717) is 23.8 Å². The van der Waals surface area contributed by atoms with Crippen LogP contribution in [0, 0.1) is 0 Å². The molecule has 1 saturated heterocycles. The zero-order valence-corrected chi connectivity index (χ0v) is 15.0. The van der Waals surface area contributed by atoms with Gasteiger partial charge in [-0.25, -0.2) is 0 Å². The van der Waals surface area contributed by atoms with Crippen LogP contribution in [-0.2, 0) is 7.05 Å². The van der Waals surface area contributed by atoms with Gasteiger partial charge in [0, 0.05) is 50.2 Å². The van der Waals surface area contributed by atoms with Gasteiger partial charge in [-0.1, -0.05) is 36.7 Å². The first-order valence-corrected chi connectivity index (χ1v) is 8.83. The van der Waals surface area contributed by atoms with Crippen LogP contribution in [0.25, 0.3) is 10.9 Å². The van der Waals surface area contributed by atoms with Gasteiger partial charge in [0.25, 0.3) is 5.91 Å². The Labute approximate surface area is 147 Å². The highest BCUT2D eigenvalue weighted by Crippen LogP contribution is 2.30. The van der Waals surface area contributed by atoms with Gasteiger partial charge in [0.05, 0.1) is 11.6 Å². The number of para-hydroxylation sites is 1. The Hall–Kier alpha value is -1.56. The summed E-state index contributed by atoms with van der Waals surface area (Å²) in [4.78, 5) is 17.1. The number of carbonyl (C=O) groups excluding carboxylic acids is 1. The molecular weight excluding hydrogens is 326 g/mol. The summed E-state index contributed by atoms with van der Waals surface area (Å²) in [6.45, 7) is 5.13. The molecule has 0 bridgehead atoms. The van der Waals surface area contributed by atoms with E-state index in [0.717, 1.165) is 30.4 Å². The number of hydrogen-bond donors (Lipinski definition) is 1. The highest BCUT2D eigenvalue weighted by atomic mass is 35.5. The van der Waals surface area contributed by atoms with E-state index >= 15 is 0 Å². The van der Waals surface area contributed by atoms with Crippen molar-refractivity contribution in [3.05, 3.63) is 35.0 Å². The van der Waals surface area contributed by atoms with Gasteiger partial charge in [0.15, 0.2) is 0 Å². The minimum absolute atomic E-state index is 0.0182. The van der Waals surface area contributed by atoms with Gasteiger partial charge in [-0.2, -0.15) is 0 Å². The van der Waals surface area contributed by atoms with Gasteiger partial charge in [-0.15, -0.1) is 0 Å². The summed E-state index contributed by atoms with van der Waals surface area (Å²) >= 11 is 6.49. The third-order valence-corrected chi connectivity index (χ3v) is 5.43. The smallest absolute Gasteiger partial charge is 0.272 e. The first-order valence-electron chi connectivity index (χ1n) is 8.45. The maximum absolute atomic E-state index is 13.0. The lowest BCUT2D eigenvalue weighted by atomic mass is 10.1. The molecule has 1 atom stereocenters. The maximum atomic E-state index is 13.0. The van der Waals surface area contributed by atoms with Crippen LogP contribution in [0.15, 0.2) is 24.3 Å². The topological polar surface area (TPSA) is 48.7 Å². The fourth-order valence-electron chi connectivity index (χ4n) is 3.53. The van der Waals surface area contributed by atoms with Gasteiger partial charge < -0.3 is 14.6 Å². The molecule has 2 aromatic rings. The van der Waals surface area contributed by atoms with E-state index in [1.54, 1.807) is 0 Å². The van der Waals surface area contributed by atoms with Crippen molar-refractivity contribution in [3.63, 3.8) is 0 Å². The van der Waals surface area contributed by atoms with Crippen molar-refractivity contribution in [2.75, 3.05) is 32.8 Å². The standard InChI is InChI=1S/C18H24ClN3O2/c1-3-13(12-23)21-8-10-22(11-9-21)18(24)17-16(19)14-6-4-5-7-15(14)20(17)2/h4-7,13,23H,3,8-12H2,1-2H3. The number of halogens is 1. The minimum atomic E-state index is -0.0182. The zero-order valence-electron chi connectivity index (χ0n) is 14.2. The Bertz CT molecular complexity index is 692. The van der Waals surface area contributed by atoms with Gasteiger partial charge in [0.2, 0.25) is 0 Å². The lowest BCUT2D eigenvalue weighted by Gasteiger charge is -2.38. The van der Waals surface area contributed by atoms with Crippen LogP contribution < -0.4 is 0 Å². The molecule has 1 unspecified atom stereocenters. The normalized spacial score (nSPS) is 17.4. The number of aromatic nitrogens is 1. The monoisotopic (exact) mass is 349 g/mol. The molecule has 1 N–H and O–H groups in total. The predicted octanol–water partition coefficient (Wildman–Crippen LogP) is 2.36. The van der Waals surface area contributed by atoms with E-state index in [-0.39, 0.29) is 18.6 Å². The number of piperazine rings is 1. The number of benzene rings is 1. The summed E-state index contributed by atoms with van der Waals surface area (Å²) in [5.41, 5.74) is 1.52. The molecule has 3 rings (SSSR count). The van der Waals surface area contributed by atoms with Crippen LogP contribution in [0.3, 0.4) is 0 Å². The van der Waals surface area contributed by atoms with Gasteiger partial charge in [-0.05, 0) is 12.5 Å². The first-order chi connectivity index (χ1) is 11.6. The molecule has 1 aliphatic rings. The number of nitrogens with zero attached hydrogens (tertiary/aromatic N) is 3. The third-order valence-electron chi connectivity index (χ3n) is 5.05. The van der Waals surface area contributed by atoms with Crippen LogP contribution in [0.2, 0.25) is 5.02 Å². The van der Waals surface area contributed by atoms with Crippen molar-refractivity contribution >= 4 is 28.4 Å². The first kappa shape index (κ1) is 17.3. The molecular formula is C18H24ClN3O2. The Kier molecular flexibility index (Phi) is 5.13. The number of carbonyl (C=O) groups is 1.